The first-order valence-corrected chi connectivity index (χ1v) is 9.90. The van der Waals surface area contributed by atoms with Gasteiger partial charge < -0.3 is 23.5 Å². The summed E-state index contributed by atoms with van der Waals surface area (Å²) >= 11 is 0. The molecule has 0 amide bonds. The van der Waals surface area contributed by atoms with Gasteiger partial charge in [0.15, 0.2) is 17.8 Å². The first-order valence-electron chi connectivity index (χ1n) is 9.90. The highest BCUT2D eigenvalue weighted by atomic mass is 16.5. The average Bonchev–Trinajstić information content (AvgIpc) is 3.31. The predicted molar refractivity (Wildman–Crippen MR) is 113 cm³/mol. The molecule has 0 aliphatic carbocycles. The largest absolute Gasteiger partial charge is 0.489 e. The second-order valence-electron chi connectivity index (χ2n) is 6.38. The van der Waals surface area contributed by atoms with Gasteiger partial charge >= 0.3 is 5.97 Å². The molecular weight excluding hydrogens is 400 g/mol. The number of aldehydes is 1. The third-order valence-electron chi connectivity index (χ3n) is 4.27. The van der Waals surface area contributed by atoms with Crippen LogP contribution in [0.15, 0.2) is 61.2 Å². The molecule has 2 aromatic carbocycles. The highest BCUT2D eigenvalue weighted by Crippen LogP contribution is 2.29. The SMILES string of the molecule is CCOC(=O)c1ccc(OCCn2ccnc2)c(OCCOc2ccccc2C=O)c1. The van der Waals surface area contributed by atoms with Gasteiger partial charge in [-0.25, -0.2) is 9.78 Å². The Morgan fingerprint density at radius 2 is 1.77 bits per heavy atom. The van der Waals surface area contributed by atoms with E-state index in [1.165, 1.54) is 0 Å². The predicted octanol–water partition coefficient (Wildman–Crippen LogP) is 3.41. The Kier molecular flexibility index (Phi) is 8.05. The monoisotopic (exact) mass is 424 g/mol. The van der Waals surface area contributed by atoms with Crippen molar-refractivity contribution in [1.29, 1.82) is 0 Å². The number of carbonyl (C=O) groups is 2. The zero-order valence-electron chi connectivity index (χ0n) is 17.2. The van der Waals surface area contributed by atoms with Crippen molar-refractivity contribution in [1.82, 2.24) is 9.55 Å². The van der Waals surface area contributed by atoms with Gasteiger partial charge in [-0.05, 0) is 37.3 Å². The number of ether oxygens (including phenoxy) is 4. The second kappa shape index (κ2) is 11.4. The van der Waals surface area contributed by atoms with E-state index in [9.17, 15) is 9.59 Å². The maximum absolute atomic E-state index is 12.1. The third kappa shape index (κ3) is 6.33. The van der Waals surface area contributed by atoms with Crippen LogP contribution in [0.1, 0.15) is 27.6 Å². The Hall–Kier alpha value is -3.81. The number of imidazole rings is 1. The fraction of sp³-hybridized carbons (Fsp3) is 0.261. The summed E-state index contributed by atoms with van der Waals surface area (Å²) in [5.41, 5.74) is 0.835. The lowest BCUT2D eigenvalue weighted by molar-refractivity contribution is 0.0525. The first kappa shape index (κ1) is 21.9. The van der Waals surface area contributed by atoms with Gasteiger partial charge in [-0.3, -0.25) is 4.79 Å². The summed E-state index contributed by atoms with van der Waals surface area (Å²) in [6.45, 7) is 3.44. The lowest BCUT2D eigenvalue weighted by Gasteiger charge is -2.15. The molecule has 0 saturated heterocycles. The van der Waals surface area contributed by atoms with Gasteiger partial charge in [-0.1, -0.05) is 12.1 Å². The van der Waals surface area contributed by atoms with Crippen LogP contribution in [0.5, 0.6) is 17.2 Å². The van der Waals surface area contributed by atoms with Gasteiger partial charge in [-0.15, -0.1) is 0 Å². The van der Waals surface area contributed by atoms with Crippen molar-refractivity contribution < 1.29 is 28.5 Å². The van der Waals surface area contributed by atoms with Crippen LogP contribution < -0.4 is 14.2 Å². The first-order chi connectivity index (χ1) is 15.2. The van der Waals surface area contributed by atoms with Crippen LogP contribution in [-0.2, 0) is 11.3 Å². The summed E-state index contributed by atoms with van der Waals surface area (Å²) < 4.78 is 24.3. The molecule has 3 rings (SSSR count). The summed E-state index contributed by atoms with van der Waals surface area (Å²) in [5, 5.41) is 0. The van der Waals surface area contributed by atoms with Gasteiger partial charge in [0.25, 0.3) is 0 Å². The highest BCUT2D eigenvalue weighted by Gasteiger charge is 2.13. The fourth-order valence-corrected chi connectivity index (χ4v) is 2.77. The molecule has 0 aliphatic rings. The molecule has 0 N–H and O–H groups in total. The van der Waals surface area contributed by atoms with Gasteiger partial charge in [-0.2, -0.15) is 0 Å². The zero-order chi connectivity index (χ0) is 21.9. The number of esters is 1. The van der Waals surface area contributed by atoms with E-state index >= 15 is 0 Å². The Morgan fingerprint density at radius 3 is 2.52 bits per heavy atom. The number of aromatic nitrogens is 2. The van der Waals surface area contributed by atoms with Crippen LogP contribution in [0.25, 0.3) is 0 Å². The maximum Gasteiger partial charge on any atom is 0.338 e. The molecule has 0 saturated carbocycles. The lowest BCUT2D eigenvalue weighted by atomic mass is 10.2. The number of nitrogens with zero attached hydrogens (tertiary/aromatic N) is 2. The van der Waals surface area contributed by atoms with Crippen LogP contribution in [0, 0.1) is 0 Å². The van der Waals surface area contributed by atoms with Crippen LogP contribution >= 0.6 is 0 Å². The topological polar surface area (TPSA) is 88.9 Å². The standard InChI is InChI=1S/C23H24N2O6/c1-2-28-23(27)18-7-8-21(29-12-11-25-10-9-24-17-25)22(15-18)31-14-13-30-20-6-4-3-5-19(20)16-26/h3-10,15-17H,2,11-14H2,1H3. The fourth-order valence-electron chi connectivity index (χ4n) is 2.77. The molecule has 0 aliphatic heterocycles. The number of carbonyl (C=O) groups excluding carboxylic acids is 2. The van der Waals surface area contributed by atoms with Crippen LogP contribution in [0.2, 0.25) is 0 Å². The Bertz CT molecular complexity index is 987. The van der Waals surface area contributed by atoms with E-state index in [2.05, 4.69) is 4.98 Å². The number of benzene rings is 2. The molecule has 3 aromatic rings. The van der Waals surface area contributed by atoms with Gasteiger partial charge in [0.2, 0.25) is 0 Å². The minimum Gasteiger partial charge on any atom is -0.489 e. The molecule has 0 radical (unpaired) electrons. The smallest absolute Gasteiger partial charge is 0.338 e. The second-order valence-corrected chi connectivity index (χ2v) is 6.38. The van der Waals surface area contributed by atoms with E-state index in [0.29, 0.717) is 41.5 Å². The van der Waals surface area contributed by atoms with Crippen LogP contribution in [-0.4, -0.2) is 48.2 Å². The summed E-state index contributed by atoms with van der Waals surface area (Å²) in [4.78, 5) is 27.2. The molecule has 162 valence electrons. The summed E-state index contributed by atoms with van der Waals surface area (Å²) in [6, 6.07) is 11.9. The number of hydrogen-bond acceptors (Lipinski definition) is 7. The van der Waals surface area contributed by atoms with Gasteiger partial charge in [0.1, 0.15) is 25.6 Å². The van der Waals surface area contributed by atoms with Crippen molar-refractivity contribution >= 4 is 12.3 Å². The van der Waals surface area contributed by atoms with E-state index in [1.54, 1.807) is 61.9 Å². The van der Waals surface area contributed by atoms with Gasteiger partial charge in [0, 0.05) is 12.4 Å². The number of para-hydroxylation sites is 1. The molecule has 31 heavy (non-hydrogen) atoms. The third-order valence-corrected chi connectivity index (χ3v) is 4.27. The van der Waals surface area contributed by atoms with Crippen molar-refractivity contribution in [3.8, 4) is 17.2 Å². The summed E-state index contributed by atoms with van der Waals surface area (Å²) in [6.07, 6.45) is 5.99. The molecule has 8 heteroatoms. The number of rotatable bonds is 12. The lowest BCUT2D eigenvalue weighted by Crippen LogP contribution is -2.13. The van der Waals surface area contributed by atoms with Crippen molar-refractivity contribution in [3.05, 3.63) is 72.3 Å². The van der Waals surface area contributed by atoms with E-state index in [0.717, 1.165) is 6.29 Å². The number of hydrogen-bond donors (Lipinski definition) is 0. The molecule has 0 unspecified atom stereocenters. The minimum absolute atomic E-state index is 0.192. The molecule has 1 aromatic heterocycles. The zero-order valence-corrected chi connectivity index (χ0v) is 17.2. The highest BCUT2D eigenvalue weighted by molar-refractivity contribution is 5.90. The van der Waals surface area contributed by atoms with Crippen molar-refractivity contribution in [2.24, 2.45) is 0 Å². The van der Waals surface area contributed by atoms with Gasteiger partial charge in [0.05, 0.1) is 30.6 Å². The van der Waals surface area contributed by atoms with Crippen molar-refractivity contribution in [2.75, 3.05) is 26.4 Å². The van der Waals surface area contributed by atoms with Crippen LogP contribution in [0.3, 0.4) is 0 Å². The molecular formula is C23H24N2O6. The maximum atomic E-state index is 12.1. The summed E-state index contributed by atoms with van der Waals surface area (Å²) in [5.74, 6) is 0.955. The van der Waals surface area contributed by atoms with E-state index in [4.69, 9.17) is 18.9 Å². The van der Waals surface area contributed by atoms with E-state index < -0.39 is 5.97 Å². The van der Waals surface area contributed by atoms with Crippen LogP contribution in [0.4, 0.5) is 0 Å². The minimum atomic E-state index is -0.437. The van der Waals surface area contributed by atoms with E-state index in [1.807, 2.05) is 10.8 Å². The molecule has 0 spiro atoms. The Labute approximate surface area is 180 Å². The Balaban J connectivity index is 1.63. The average molecular weight is 424 g/mol. The Morgan fingerprint density at radius 1 is 1.00 bits per heavy atom. The molecule has 0 atom stereocenters. The molecule has 0 fully saturated rings. The van der Waals surface area contributed by atoms with E-state index in [-0.39, 0.29) is 19.8 Å². The summed E-state index contributed by atoms with van der Waals surface area (Å²) in [7, 11) is 0. The van der Waals surface area contributed by atoms with Crippen molar-refractivity contribution in [2.45, 2.75) is 13.5 Å². The normalized spacial score (nSPS) is 10.4. The molecule has 1 heterocycles. The van der Waals surface area contributed by atoms with Crippen molar-refractivity contribution in [3.63, 3.8) is 0 Å². The quantitative estimate of drug-likeness (QED) is 0.250. The molecule has 0 bridgehead atoms. The molecule has 8 nitrogen and oxygen atoms in total.